The molecule has 0 spiro atoms. The van der Waals surface area contributed by atoms with Gasteiger partial charge >= 0.3 is 0 Å². The smallest absolute Gasteiger partial charge is 0.242 e. The highest BCUT2D eigenvalue weighted by molar-refractivity contribution is 5.86. The zero-order valence-electron chi connectivity index (χ0n) is 10.6. The lowest BCUT2D eigenvalue weighted by atomic mass is 9.89. The topological polar surface area (TPSA) is 32.3 Å². The summed E-state index contributed by atoms with van der Waals surface area (Å²) in [6, 6.07) is 0.549. The fourth-order valence-electron chi connectivity index (χ4n) is 2.63. The van der Waals surface area contributed by atoms with Crippen molar-refractivity contribution in [2.45, 2.75) is 64.0 Å². The van der Waals surface area contributed by atoms with Crippen LogP contribution in [0.2, 0.25) is 0 Å². The molecule has 1 aliphatic carbocycles. The van der Waals surface area contributed by atoms with Crippen molar-refractivity contribution in [2.75, 3.05) is 13.1 Å². The first kappa shape index (κ1) is 11.9. The summed E-state index contributed by atoms with van der Waals surface area (Å²) in [4.78, 5) is 14.7. The number of nitrogens with one attached hydrogen (secondary N) is 1. The van der Waals surface area contributed by atoms with E-state index >= 15 is 0 Å². The number of amides is 1. The first-order valence-electron chi connectivity index (χ1n) is 6.73. The van der Waals surface area contributed by atoms with Crippen molar-refractivity contribution in [3.05, 3.63) is 0 Å². The minimum Gasteiger partial charge on any atom is -0.338 e. The van der Waals surface area contributed by atoms with E-state index in [9.17, 15) is 4.79 Å². The van der Waals surface area contributed by atoms with Gasteiger partial charge in [0.15, 0.2) is 0 Å². The van der Waals surface area contributed by atoms with Crippen LogP contribution in [0, 0.1) is 0 Å². The predicted molar refractivity (Wildman–Crippen MR) is 65.3 cm³/mol. The lowest BCUT2D eigenvalue weighted by Gasteiger charge is -2.38. The molecular weight excluding hydrogens is 200 g/mol. The molecule has 0 aromatic rings. The van der Waals surface area contributed by atoms with Crippen LogP contribution in [-0.4, -0.2) is 35.5 Å². The molecule has 0 aromatic carbocycles. The average molecular weight is 224 g/mol. The van der Waals surface area contributed by atoms with Crippen molar-refractivity contribution in [3.63, 3.8) is 0 Å². The van der Waals surface area contributed by atoms with Crippen molar-refractivity contribution in [2.24, 2.45) is 0 Å². The Bertz CT molecular complexity index is 255. The highest BCUT2D eigenvalue weighted by atomic mass is 16.2. The Morgan fingerprint density at radius 2 is 2.19 bits per heavy atom. The largest absolute Gasteiger partial charge is 0.338 e. The van der Waals surface area contributed by atoms with Gasteiger partial charge in [-0.25, -0.2) is 0 Å². The van der Waals surface area contributed by atoms with Gasteiger partial charge in [0.2, 0.25) is 5.91 Å². The van der Waals surface area contributed by atoms with Crippen molar-refractivity contribution in [1.29, 1.82) is 0 Å². The monoisotopic (exact) mass is 224 g/mol. The fourth-order valence-corrected chi connectivity index (χ4v) is 2.63. The third-order valence-electron chi connectivity index (χ3n) is 3.80. The number of carbonyl (C=O) groups is 1. The van der Waals surface area contributed by atoms with Crippen LogP contribution >= 0.6 is 0 Å². The molecule has 2 rings (SSSR count). The Kier molecular flexibility index (Phi) is 3.53. The maximum atomic E-state index is 12.6. The molecule has 2 aliphatic rings. The van der Waals surface area contributed by atoms with Crippen LogP contribution in [0.15, 0.2) is 0 Å². The van der Waals surface area contributed by atoms with Crippen LogP contribution in [-0.2, 0) is 4.79 Å². The molecule has 2 fully saturated rings. The molecule has 1 atom stereocenters. The molecule has 3 heteroatoms. The van der Waals surface area contributed by atoms with Crippen molar-refractivity contribution in [1.82, 2.24) is 10.2 Å². The lowest BCUT2D eigenvalue weighted by molar-refractivity contribution is -0.139. The second kappa shape index (κ2) is 4.74. The SMILES string of the molecule is CCCN(C(=O)C1(C)CCCCN1)C1CC1. The van der Waals surface area contributed by atoms with Crippen LogP contribution in [0.3, 0.4) is 0 Å². The maximum absolute atomic E-state index is 12.6. The summed E-state index contributed by atoms with van der Waals surface area (Å²) < 4.78 is 0. The van der Waals surface area contributed by atoms with Gasteiger partial charge in [-0.15, -0.1) is 0 Å². The third-order valence-corrected chi connectivity index (χ3v) is 3.80. The molecule has 3 nitrogen and oxygen atoms in total. The molecule has 16 heavy (non-hydrogen) atoms. The van der Waals surface area contributed by atoms with Crippen molar-refractivity contribution >= 4 is 5.91 Å². The summed E-state index contributed by atoms with van der Waals surface area (Å²) in [7, 11) is 0. The van der Waals surface area contributed by atoms with E-state index in [-0.39, 0.29) is 5.54 Å². The van der Waals surface area contributed by atoms with Gasteiger partial charge in [0.05, 0.1) is 5.54 Å². The van der Waals surface area contributed by atoms with Gasteiger partial charge in [0.1, 0.15) is 0 Å². The summed E-state index contributed by atoms with van der Waals surface area (Å²) in [5.74, 6) is 0.344. The van der Waals surface area contributed by atoms with Gasteiger partial charge in [0, 0.05) is 12.6 Å². The quantitative estimate of drug-likeness (QED) is 0.791. The Morgan fingerprint density at radius 3 is 2.69 bits per heavy atom. The minimum atomic E-state index is -0.282. The average Bonchev–Trinajstić information content (AvgIpc) is 3.10. The van der Waals surface area contributed by atoms with Gasteiger partial charge in [-0.3, -0.25) is 4.79 Å². The molecule has 0 aromatic heterocycles. The molecule has 1 heterocycles. The van der Waals surface area contributed by atoms with Gasteiger partial charge in [0.25, 0.3) is 0 Å². The molecule has 1 aliphatic heterocycles. The Labute approximate surface area is 98.6 Å². The van der Waals surface area contributed by atoms with E-state index in [1.54, 1.807) is 0 Å². The van der Waals surface area contributed by atoms with Gasteiger partial charge in [-0.2, -0.15) is 0 Å². The van der Waals surface area contributed by atoms with Crippen LogP contribution in [0.4, 0.5) is 0 Å². The molecule has 1 saturated carbocycles. The number of rotatable bonds is 4. The molecule has 1 amide bonds. The number of carbonyl (C=O) groups excluding carboxylic acids is 1. The fraction of sp³-hybridized carbons (Fsp3) is 0.923. The van der Waals surface area contributed by atoms with Crippen molar-refractivity contribution in [3.8, 4) is 0 Å². The molecule has 1 unspecified atom stereocenters. The van der Waals surface area contributed by atoms with Crippen LogP contribution in [0.25, 0.3) is 0 Å². The summed E-state index contributed by atoms with van der Waals surface area (Å²) in [6.45, 7) is 6.16. The Morgan fingerprint density at radius 1 is 1.44 bits per heavy atom. The Balaban J connectivity index is 2.02. The molecule has 0 radical (unpaired) electrons. The van der Waals surface area contributed by atoms with Gasteiger partial charge in [-0.05, 0) is 52.0 Å². The molecule has 0 bridgehead atoms. The first-order valence-corrected chi connectivity index (χ1v) is 6.73. The van der Waals surface area contributed by atoms with E-state index in [2.05, 4.69) is 24.1 Å². The standard InChI is InChI=1S/C13H24N2O/c1-3-10-15(11-6-7-11)12(16)13(2)8-4-5-9-14-13/h11,14H,3-10H2,1-2H3. The second-order valence-electron chi connectivity index (χ2n) is 5.45. The number of piperidine rings is 1. The summed E-state index contributed by atoms with van der Waals surface area (Å²) in [6.07, 6.45) is 6.88. The molecule has 1 N–H and O–H groups in total. The summed E-state index contributed by atoms with van der Waals surface area (Å²) in [5.41, 5.74) is -0.282. The summed E-state index contributed by atoms with van der Waals surface area (Å²) in [5, 5.41) is 3.43. The van der Waals surface area contributed by atoms with E-state index in [4.69, 9.17) is 0 Å². The number of hydrogen-bond donors (Lipinski definition) is 1. The van der Waals surface area contributed by atoms with E-state index in [1.807, 2.05) is 0 Å². The normalized spacial score (nSPS) is 30.1. The van der Waals surface area contributed by atoms with Crippen LogP contribution in [0.5, 0.6) is 0 Å². The maximum Gasteiger partial charge on any atom is 0.242 e. The predicted octanol–water partition coefficient (Wildman–Crippen LogP) is 1.92. The first-order chi connectivity index (χ1) is 7.67. The highest BCUT2D eigenvalue weighted by Crippen LogP contribution is 2.31. The molecular formula is C13H24N2O. The van der Waals surface area contributed by atoms with Gasteiger partial charge < -0.3 is 10.2 Å². The second-order valence-corrected chi connectivity index (χ2v) is 5.45. The van der Waals surface area contributed by atoms with E-state index in [0.29, 0.717) is 11.9 Å². The number of hydrogen-bond acceptors (Lipinski definition) is 2. The van der Waals surface area contributed by atoms with E-state index in [1.165, 1.54) is 25.7 Å². The zero-order chi connectivity index (χ0) is 11.6. The number of nitrogens with zero attached hydrogens (tertiary/aromatic N) is 1. The minimum absolute atomic E-state index is 0.282. The van der Waals surface area contributed by atoms with Crippen LogP contribution < -0.4 is 5.32 Å². The molecule has 1 saturated heterocycles. The van der Waals surface area contributed by atoms with Crippen molar-refractivity contribution < 1.29 is 4.79 Å². The zero-order valence-corrected chi connectivity index (χ0v) is 10.6. The molecule has 92 valence electrons. The lowest BCUT2D eigenvalue weighted by Crippen LogP contribution is -2.58. The Hall–Kier alpha value is -0.570. The third kappa shape index (κ3) is 2.40. The summed E-state index contributed by atoms with van der Waals surface area (Å²) >= 11 is 0. The highest BCUT2D eigenvalue weighted by Gasteiger charge is 2.42. The van der Waals surface area contributed by atoms with Crippen LogP contribution in [0.1, 0.15) is 52.4 Å². The van der Waals surface area contributed by atoms with E-state index < -0.39 is 0 Å². The van der Waals surface area contributed by atoms with E-state index in [0.717, 1.165) is 25.9 Å². The van der Waals surface area contributed by atoms with Gasteiger partial charge in [-0.1, -0.05) is 6.92 Å².